The van der Waals surface area contributed by atoms with Gasteiger partial charge in [0.1, 0.15) is 12.4 Å². The van der Waals surface area contributed by atoms with Crippen molar-refractivity contribution in [3.05, 3.63) is 59.7 Å². The SMILES string of the molecule is CC(C)c1ccc(NC(=O)NCCOc2ccccc2C(C)C)cc1. The summed E-state index contributed by atoms with van der Waals surface area (Å²) < 4.78 is 5.80. The van der Waals surface area contributed by atoms with Crippen molar-refractivity contribution in [1.82, 2.24) is 5.32 Å². The summed E-state index contributed by atoms with van der Waals surface area (Å²) in [6, 6.07) is 15.7. The van der Waals surface area contributed by atoms with Crippen LogP contribution in [-0.4, -0.2) is 19.2 Å². The van der Waals surface area contributed by atoms with Gasteiger partial charge < -0.3 is 15.4 Å². The van der Waals surface area contributed by atoms with E-state index in [-0.39, 0.29) is 6.03 Å². The van der Waals surface area contributed by atoms with E-state index < -0.39 is 0 Å². The molecule has 0 unspecified atom stereocenters. The molecule has 0 bridgehead atoms. The number of carbonyl (C=O) groups is 1. The summed E-state index contributed by atoms with van der Waals surface area (Å²) in [6.45, 7) is 9.45. The van der Waals surface area contributed by atoms with Crippen molar-refractivity contribution in [3.8, 4) is 5.75 Å². The molecule has 4 heteroatoms. The van der Waals surface area contributed by atoms with Crippen LogP contribution in [0.3, 0.4) is 0 Å². The van der Waals surface area contributed by atoms with Crippen molar-refractivity contribution in [2.75, 3.05) is 18.5 Å². The Morgan fingerprint density at radius 2 is 1.64 bits per heavy atom. The number of hydrogen-bond donors (Lipinski definition) is 2. The Bertz CT molecular complexity index is 679. The average Bonchev–Trinajstić information content (AvgIpc) is 2.59. The lowest BCUT2D eigenvalue weighted by atomic mass is 10.0. The van der Waals surface area contributed by atoms with Crippen LogP contribution in [0.2, 0.25) is 0 Å². The van der Waals surface area contributed by atoms with E-state index in [4.69, 9.17) is 4.74 Å². The van der Waals surface area contributed by atoms with Crippen molar-refractivity contribution in [1.29, 1.82) is 0 Å². The average molecular weight is 340 g/mol. The standard InChI is InChI=1S/C21H28N2O2/c1-15(2)17-9-11-18(12-10-17)23-21(24)22-13-14-25-20-8-6-5-7-19(20)16(3)4/h5-12,15-16H,13-14H2,1-4H3,(H2,22,23,24). The molecule has 134 valence electrons. The Morgan fingerprint density at radius 1 is 0.960 bits per heavy atom. The van der Waals surface area contributed by atoms with Gasteiger partial charge in [0.25, 0.3) is 0 Å². The third kappa shape index (κ3) is 5.82. The molecule has 2 N–H and O–H groups in total. The normalized spacial score (nSPS) is 10.8. The van der Waals surface area contributed by atoms with Crippen molar-refractivity contribution in [2.24, 2.45) is 0 Å². The molecule has 0 heterocycles. The summed E-state index contributed by atoms with van der Waals surface area (Å²) in [5.41, 5.74) is 3.22. The highest BCUT2D eigenvalue weighted by Crippen LogP contribution is 2.25. The van der Waals surface area contributed by atoms with Crippen LogP contribution in [0, 0.1) is 0 Å². The predicted molar refractivity (Wildman–Crippen MR) is 104 cm³/mol. The first-order chi connectivity index (χ1) is 12.0. The molecule has 0 spiro atoms. The minimum atomic E-state index is -0.224. The molecule has 0 saturated carbocycles. The largest absolute Gasteiger partial charge is 0.491 e. The van der Waals surface area contributed by atoms with Crippen molar-refractivity contribution < 1.29 is 9.53 Å². The second-order valence-corrected chi connectivity index (χ2v) is 6.70. The fraction of sp³-hybridized carbons (Fsp3) is 0.381. The molecule has 2 aromatic rings. The van der Waals surface area contributed by atoms with E-state index in [2.05, 4.69) is 44.4 Å². The number of rotatable bonds is 7. The van der Waals surface area contributed by atoms with Gasteiger partial charge in [-0.15, -0.1) is 0 Å². The summed E-state index contributed by atoms with van der Waals surface area (Å²) in [7, 11) is 0. The minimum absolute atomic E-state index is 0.224. The number of hydrogen-bond acceptors (Lipinski definition) is 2. The first kappa shape index (κ1) is 18.8. The van der Waals surface area contributed by atoms with E-state index in [9.17, 15) is 4.79 Å². The van der Waals surface area contributed by atoms with Crippen LogP contribution in [0.4, 0.5) is 10.5 Å². The molecule has 2 aromatic carbocycles. The lowest BCUT2D eigenvalue weighted by Crippen LogP contribution is -2.32. The number of urea groups is 1. The molecular formula is C21H28N2O2. The maximum Gasteiger partial charge on any atom is 0.319 e. The zero-order valence-electron chi connectivity index (χ0n) is 15.5. The summed E-state index contributed by atoms with van der Waals surface area (Å²) in [4.78, 5) is 11.9. The van der Waals surface area contributed by atoms with Gasteiger partial charge in [0, 0.05) is 5.69 Å². The summed E-state index contributed by atoms with van der Waals surface area (Å²) in [5, 5.41) is 5.64. The van der Waals surface area contributed by atoms with Crippen LogP contribution >= 0.6 is 0 Å². The van der Waals surface area contributed by atoms with Gasteiger partial charge in [-0.2, -0.15) is 0 Å². The molecule has 2 amide bonds. The maximum atomic E-state index is 11.9. The summed E-state index contributed by atoms with van der Waals surface area (Å²) in [5.74, 6) is 1.76. The molecule has 0 aromatic heterocycles. The number of amides is 2. The van der Waals surface area contributed by atoms with Crippen LogP contribution < -0.4 is 15.4 Å². The second kappa shape index (κ2) is 9.11. The molecule has 4 nitrogen and oxygen atoms in total. The second-order valence-electron chi connectivity index (χ2n) is 6.70. The molecular weight excluding hydrogens is 312 g/mol. The zero-order chi connectivity index (χ0) is 18.2. The van der Waals surface area contributed by atoms with E-state index in [0.717, 1.165) is 11.4 Å². The highest BCUT2D eigenvalue weighted by atomic mass is 16.5. The molecule has 25 heavy (non-hydrogen) atoms. The number of benzene rings is 2. The first-order valence-corrected chi connectivity index (χ1v) is 8.84. The fourth-order valence-corrected chi connectivity index (χ4v) is 2.54. The lowest BCUT2D eigenvalue weighted by molar-refractivity contribution is 0.247. The number of carbonyl (C=O) groups excluding carboxylic acids is 1. The van der Waals surface area contributed by atoms with Crippen molar-refractivity contribution in [2.45, 2.75) is 39.5 Å². The van der Waals surface area contributed by atoms with Crippen LogP contribution in [-0.2, 0) is 0 Å². The quantitative estimate of drug-likeness (QED) is 0.686. The Balaban J connectivity index is 1.75. The van der Waals surface area contributed by atoms with Crippen LogP contribution in [0.15, 0.2) is 48.5 Å². The highest BCUT2D eigenvalue weighted by molar-refractivity contribution is 5.89. The molecule has 2 rings (SSSR count). The van der Waals surface area contributed by atoms with Crippen LogP contribution in [0.5, 0.6) is 5.75 Å². The Kier molecular flexibility index (Phi) is 6.87. The van der Waals surface area contributed by atoms with Gasteiger partial charge in [-0.3, -0.25) is 0 Å². The fourth-order valence-electron chi connectivity index (χ4n) is 2.54. The van der Waals surface area contributed by atoms with E-state index in [1.54, 1.807) is 0 Å². The van der Waals surface area contributed by atoms with Gasteiger partial charge in [-0.25, -0.2) is 4.79 Å². The smallest absolute Gasteiger partial charge is 0.319 e. The van der Waals surface area contributed by atoms with Gasteiger partial charge in [-0.1, -0.05) is 58.0 Å². The molecule has 0 aliphatic carbocycles. The van der Waals surface area contributed by atoms with Gasteiger partial charge in [0.15, 0.2) is 0 Å². The van der Waals surface area contributed by atoms with E-state index in [1.165, 1.54) is 11.1 Å². The number of ether oxygens (including phenoxy) is 1. The zero-order valence-corrected chi connectivity index (χ0v) is 15.5. The molecule has 0 aliphatic rings. The number of nitrogens with one attached hydrogen (secondary N) is 2. The van der Waals surface area contributed by atoms with E-state index >= 15 is 0 Å². The van der Waals surface area contributed by atoms with Gasteiger partial charge in [0.05, 0.1) is 6.54 Å². The van der Waals surface area contributed by atoms with Gasteiger partial charge >= 0.3 is 6.03 Å². The Morgan fingerprint density at radius 3 is 2.28 bits per heavy atom. The minimum Gasteiger partial charge on any atom is -0.491 e. The molecule has 0 fully saturated rings. The van der Waals surface area contributed by atoms with Crippen molar-refractivity contribution in [3.63, 3.8) is 0 Å². The number of anilines is 1. The third-order valence-electron chi connectivity index (χ3n) is 4.02. The molecule has 0 radical (unpaired) electrons. The summed E-state index contributed by atoms with van der Waals surface area (Å²) in [6.07, 6.45) is 0. The third-order valence-corrected chi connectivity index (χ3v) is 4.02. The van der Waals surface area contributed by atoms with Crippen LogP contribution in [0.25, 0.3) is 0 Å². The van der Waals surface area contributed by atoms with E-state index in [1.807, 2.05) is 42.5 Å². The first-order valence-electron chi connectivity index (χ1n) is 8.84. The molecule has 0 saturated heterocycles. The molecule has 0 atom stereocenters. The predicted octanol–water partition coefficient (Wildman–Crippen LogP) is 5.13. The summed E-state index contributed by atoms with van der Waals surface area (Å²) >= 11 is 0. The van der Waals surface area contributed by atoms with Crippen LogP contribution in [0.1, 0.15) is 50.7 Å². The Hall–Kier alpha value is -2.49. The van der Waals surface area contributed by atoms with Gasteiger partial charge in [-0.05, 0) is 41.2 Å². The lowest BCUT2D eigenvalue weighted by Gasteiger charge is -2.14. The van der Waals surface area contributed by atoms with Gasteiger partial charge in [0.2, 0.25) is 0 Å². The Labute approximate surface area is 150 Å². The molecule has 0 aliphatic heterocycles. The topological polar surface area (TPSA) is 50.4 Å². The number of para-hydroxylation sites is 1. The van der Waals surface area contributed by atoms with E-state index in [0.29, 0.717) is 25.0 Å². The monoisotopic (exact) mass is 340 g/mol. The highest BCUT2D eigenvalue weighted by Gasteiger charge is 2.07. The maximum absolute atomic E-state index is 11.9. The van der Waals surface area contributed by atoms with Crippen molar-refractivity contribution >= 4 is 11.7 Å².